The monoisotopic (exact) mass is 304 g/mol. The van der Waals surface area contributed by atoms with Crippen molar-refractivity contribution in [2.75, 3.05) is 5.73 Å². The highest BCUT2D eigenvalue weighted by atomic mass is 32.1. The molecule has 0 aromatic carbocycles. The van der Waals surface area contributed by atoms with E-state index >= 15 is 0 Å². The second-order valence-corrected chi connectivity index (χ2v) is 7.48. The molecule has 0 spiro atoms. The van der Waals surface area contributed by atoms with Gasteiger partial charge in [-0.1, -0.05) is 20.3 Å². The van der Waals surface area contributed by atoms with Gasteiger partial charge in [-0.25, -0.2) is 9.97 Å². The van der Waals surface area contributed by atoms with Gasteiger partial charge >= 0.3 is 0 Å². The Hall–Kier alpha value is -1.69. The van der Waals surface area contributed by atoms with Crippen LogP contribution in [0.1, 0.15) is 49.2 Å². The van der Waals surface area contributed by atoms with Gasteiger partial charge in [0, 0.05) is 18.4 Å². The molecule has 2 aromatic heterocycles. The first-order valence-corrected chi connectivity index (χ1v) is 8.08. The number of carbonyl (C=O) groups excluding carboxylic acids is 1. The van der Waals surface area contributed by atoms with Crippen molar-refractivity contribution < 1.29 is 4.79 Å². The summed E-state index contributed by atoms with van der Waals surface area (Å²) in [6.07, 6.45) is 7.64. The Balaban J connectivity index is 1.79. The number of hydrogen-bond donors (Lipinski definition) is 2. The molecule has 112 valence electrons. The molecular formula is C15H20N4OS. The molecule has 1 amide bonds. The van der Waals surface area contributed by atoms with E-state index < -0.39 is 0 Å². The third kappa shape index (κ3) is 2.85. The van der Waals surface area contributed by atoms with E-state index in [1.54, 1.807) is 12.4 Å². The Kier molecular flexibility index (Phi) is 3.57. The van der Waals surface area contributed by atoms with Crippen LogP contribution in [0.15, 0.2) is 12.4 Å². The fourth-order valence-electron chi connectivity index (χ4n) is 3.08. The molecule has 2 aromatic rings. The van der Waals surface area contributed by atoms with E-state index in [1.807, 2.05) is 0 Å². The maximum atomic E-state index is 12.5. The lowest BCUT2D eigenvalue weighted by Gasteiger charge is -2.35. The van der Waals surface area contributed by atoms with Crippen LogP contribution in [-0.2, 0) is 0 Å². The van der Waals surface area contributed by atoms with Crippen LogP contribution in [0.3, 0.4) is 0 Å². The maximum absolute atomic E-state index is 12.5. The average molecular weight is 304 g/mol. The van der Waals surface area contributed by atoms with Gasteiger partial charge in [0.25, 0.3) is 5.91 Å². The number of nitrogens with zero attached hydrogens (tertiary/aromatic N) is 2. The van der Waals surface area contributed by atoms with Gasteiger partial charge in [0.1, 0.15) is 15.2 Å². The summed E-state index contributed by atoms with van der Waals surface area (Å²) in [6, 6.07) is 0.229. The van der Waals surface area contributed by atoms with Gasteiger partial charge in [0.05, 0.1) is 5.69 Å². The average Bonchev–Trinajstić information content (AvgIpc) is 2.76. The number of anilines is 1. The quantitative estimate of drug-likeness (QED) is 0.893. The molecule has 0 bridgehead atoms. The van der Waals surface area contributed by atoms with Gasteiger partial charge in [0.2, 0.25) is 0 Å². The minimum atomic E-state index is -0.0972. The van der Waals surface area contributed by atoms with Crippen LogP contribution in [0, 0.1) is 5.41 Å². The molecule has 5 nitrogen and oxygen atoms in total. The molecule has 21 heavy (non-hydrogen) atoms. The van der Waals surface area contributed by atoms with E-state index in [0.29, 0.717) is 26.3 Å². The van der Waals surface area contributed by atoms with Gasteiger partial charge in [0.15, 0.2) is 0 Å². The summed E-state index contributed by atoms with van der Waals surface area (Å²) >= 11 is 1.31. The largest absolute Gasteiger partial charge is 0.396 e. The molecule has 3 rings (SSSR count). The summed E-state index contributed by atoms with van der Waals surface area (Å²) < 4.78 is 0. The maximum Gasteiger partial charge on any atom is 0.263 e. The molecule has 1 aliphatic rings. The molecule has 0 radical (unpaired) electrons. The Bertz CT molecular complexity index is 679. The van der Waals surface area contributed by atoms with Crippen LogP contribution in [0.5, 0.6) is 0 Å². The first-order chi connectivity index (χ1) is 9.96. The Morgan fingerprint density at radius 2 is 2.19 bits per heavy atom. The first kappa shape index (κ1) is 14.3. The second-order valence-electron chi connectivity index (χ2n) is 6.49. The normalized spacial score (nSPS) is 21.3. The Labute approximate surface area is 128 Å². The number of thiophene rings is 1. The van der Waals surface area contributed by atoms with Crippen LogP contribution < -0.4 is 11.1 Å². The number of nitrogens with two attached hydrogens (primary N) is 1. The zero-order chi connectivity index (χ0) is 15.0. The van der Waals surface area contributed by atoms with Crippen LogP contribution >= 0.6 is 11.3 Å². The molecule has 1 atom stereocenters. The van der Waals surface area contributed by atoms with Crippen molar-refractivity contribution >= 4 is 33.3 Å². The molecule has 1 unspecified atom stereocenters. The lowest BCUT2D eigenvalue weighted by atomic mass is 9.75. The van der Waals surface area contributed by atoms with Crippen molar-refractivity contribution in [3.63, 3.8) is 0 Å². The molecule has 0 aliphatic heterocycles. The van der Waals surface area contributed by atoms with Crippen molar-refractivity contribution in [3.05, 3.63) is 17.3 Å². The van der Waals surface area contributed by atoms with Gasteiger partial charge in [-0.15, -0.1) is 11.3 Å². The summed E-state index contributed by atoms with van der Waals surface area (Å²) in [4.78, 5) is 22.1. The Morgan fingerprint density at radius 1 is 1.43 bits per heavy atom. The van der Waals surface area contributed by atoms with E-state index in [2.05, 4.69) is 29.1 Å². The minimum absolute atomic E-state index is 0.0972. The van der Waals surface area contributed by atoms with Crippen molar-refractivity contribution in [1.29, 1.82) is 0 Å². The number of carbonyl (C=O) groups is 1. The van der Waals surface area contributed by atoms with Crippen molar-refractivity contribution in [2.45, 2.75) is 45.6 Å². The van der Waals surface area contributed by atoms with Crippen LogP contribution in [-0.4, -0.2) is 21.9 Å². The molecule has 1 aliphatic carbocycles. The third-order valence-electron chi connectivity index (χ3n) is 4.11. The summed E-state index contributed by atoms with van der Waals surface area (Å²) in [5, 5.41) is 3.13. The van der Waals surface area contributed by atoms with Crippen LogP contribution in [0.25, 0.3) is 10.3 Å². The highest BCUT2D eigenvalue weighted by Gasteiger charge is 2.29. The summed E-state index contributed by atoms with van der Waals surface area (Å²) in [6.45, 7) is 4.51. The number of amides is 1. The van der Waals surface area contributed by atoms with Crippen LogP contribution in [0.4, 0.5) is 5.69 Å². The van der Waals surface area contributed by atoms with Gasteiger partial charge in [-0.2, -0.15) is 0 Å². The standard InChI is InChI=1S/C15H20N4OS/c1-15(2)5-3-4-9(8-15)19-13(20)12-10(16)11-14(21-12)18-7-6-17-11/h6-7,9H,3-5,8,16H2,1-2H3,(H,19,20). The molecular weight excluding hydrogens is 284 g/mol. The molecule has 1 saturated carbocycles. The van der Waals surface area contributed by atoms with Crippen molar-refractivity contribution in [2.24, 2.45) is 5.41 Å². The van der Waals surface area contributed by atoms with E-state index in [1.165, 1.54) is 17.8 Å². The lowest BCUT2D eigenvalue weighted by molar-refractivity contribution is 0.0907. The molecule has 3 N–H and O–H groups in total. The van der Waals surface area contributed by atoms with E-state index in [0.717, 1.165) is 19.3 Å². The molecule has 0 saturated heterocycles. The highest BCUT2D eigenvalue weighted by molar-refractivity contribution is 7.21. The number of aromatic nitrogens is 2. The van der Waals surface area contributed by atoms with Gasteiger partial charge in [-0.3, -0.25) is 4.79 Å². The molecule has 2 heterocycles. The minimum Gasteiger partial charge on any atom is -0.396 e. The zero-order valence-electron chi connectivity index (χ0n) is 12.3. The number of rotatable bonds is 2. The number of nitrogen functional groups attached to an aromatic ring is 1. The third-order valence-corrected chi connectivity index (χ3v) is 5.21. The summed E-state index contributed by atoms with van der Waals surface area (Å²) in [5.41, 5.74) is 7.40. The smallest absolute Gasteiger partial charge is 0.263 e. The van der Waals surface area contributed by atoms with Gasteiger partial charge < -0.3 is 11.1 Å². The Morgan fingerprint density at radius 3 is 2.90 bits per heavy atom. The predicted molar refractivity (Wildman–Crippen MR) is 85.3 cm³/mol. The second kappa shape index (κ2) is 5.26. The topological polar surface area (TPSA) is 80.9 Å². The summed E-state index contributed by atoms with van der Waals surface area (Å²) in [5.74, 6) is -0.0972. The SMILES string of the molecule is CC1(C)CCCC(NC(=O)c2sc3nccnc3c2N)C1. The highest BCUT2D eigenvalue weighted by Crippen LogP contribution is 2.36. The van der Waals surface area contributed by atoms with Crippen molar-refractivity contribution in [1.82, 2.24) is 15.3 Å². The van der Waals surface area contributed by atoms with E-state index in [-0.39, 0.29) is 11.9 Å². The fourth-order valence-corrected chi connectivity index (χ4v) is 4.01. The fraction of sp³-hybridized carbons (Fsp3) is 0.533. The van der Waals surface area contributed by atoms with Crippen molar-refractivity contribution in [3.8, 4) is 0 Å². The zero-order valence-corrected chi connectivity index (χ0v) is 13.2. The lowest BCUT2D eigenvalue weighted by Crippen LogP contribution is -2.40. The van der Waals surface area contributed by atoms with Gasteiger partial charge in [-0.05, 0) is 24.7 Å². The number of hydrogen-bond acceptors (Lipinski definition) is 5. The molecule has 1 fully saturated rings. The predicted octanol–water partition coefficient (Wildman–Crippen LogP) is 2.97. The van der Waals surface area contributed by atoms with E-state index in [9.17, 15) is 4.79 Å². The van der Waals surface area contributed by atoms with E-state index in [4.69, 9.17) is 5.73 Å². The van der Waals surface area contributed by atoms with Crippen LogP contribution in [0.2, 0.25) is 0 Å². The first-order valence-electron chi connectivity index (χ1n) is 7.26. The number of nitrogens with one attached hydrogen (secondary N) is 1. The number of fused-ring (bicyclic) bond motifs is 1. The molecule has 6 heteroatoms. The summed E-state index contributed by atoms with van der Waals surface area (Å²) in [7, 11) is 0.